The molecule has 4 rings (SSSR count). The largest absolute Gasteiger partial charge is 0.507 e. The fraction of sp³-hybridized carbons (Fsp3) is 0.276. The zero-order valence-electron chi connectivity index (χ0n) is 21.2. The molecule has 1 atom stereocenters. The van der Waals surface area contributed by atoms with Crippen molar-refractivity contribution in [3.05, 3.63) is 76.9 Å². The highest BCUT2D eigenvalue weighted by Gasteiger charge is 2.17. The van der Waals surface area contributed by atoms with Crippen LogP contribution in [0.2, 0.25) is 0 Å². The van der Waals surface area contributed by atoms with Crippen LogP contribution in [0.3, 0.4) is 0 Å². The van der Waals surface area contributed by atoms with E-state index in [9.17, 15) is 10.2 Å². The summed E-state index contributed by atoms with van der Waals surface area (Å²) in [5, 5.41) is 20.7. The number of hydrogen-bond donors (Lipinski definition) is 2. The third-order valence-electron chi connectivity index (χ3n) is 5.89. The maximum atomic E-state index is 10.9. The molecule has 0 aliphatic rings. The number of aryl methyl sites for hydroxylation is 4. The summed E-state index contributed by atoms with van der Waals surface area (Å²) in [5.74, 6) is 1.82. The van der Waals surface area contributed by atoms with Crippen molar-refractivity contribution in [3.63, 3.8) is 0 Å². The summed E-state index contributed by atoms with van der Waals surface area (Å²) in [6.07, 6.45) is -0.763. The standard InChI is InChI=1S/C29H31N3O4/c1-17-6-9-23(19(3)12-17)27-30-28(24-10-7-18(2)13-20(24)4)32-29(31-27)25-11-8-22(14-26(25)34)36-16-21(33)15-35-5/h6-14,21,33-34H,15-16H2,1-5H3. The minimum atomic E-state index is -0.763. The molecule has 4 aromatic rings. The van der Waals surface area contributed by atoms with Crippen molar-refractivity contribution in [3.8, 4) is 45.7 Å². The Hall–Kier alpha value is -3.81. The molecule has 0 amide bonds. The average Bonchev–Trinajstić information content (AvgIpc) is 2.82. The quantitative estimate of drug-likeness (QED) is 0.354. The lowest BCUT2D eigenvalue weighted by atomic mass is 10.0. The van der Waals surface area contributed by atoms with E-state index in [1.807, 2.05) is 52.0 Å². The van der Waals surface area contributed by atoms with Gasteiger partial charge in [-0.15, -0.1) is 0 Å². The minimum absolute atomic E-state index is 0.0295. The van der Waals surface area contributed by atoms with E-state index in [2.05, 4.69) is 12.1 Å². The van der Waals surface area contributed by atoms with Gasteiger partial charge in [-0.25, -0.2) is 15.0 Å². The molecule has 7 nitrogen and oxygen atoms in total. The molecule has 1 unspecified atom stereocenters. The van der Waals surface area contributed by atoms with E-state index in [0.717, 1.165) is 33.4 Å². The smallest absolute Gasteiger partial charge is 0.167 e. The van der Waals surface area contributed by atoms with Crippen molar-refractivity contribution in [1.82, 2.24) is 15.0 Å². The van der Waals surface area contributed by atoms with Gasteiger partial charge in [-0.1, -0.05) is 47.5 Å². The van der Waals surface area contributed by atoms with Crippen LogP contribution in [-0.2, 0) is 4.74 Å². The van der Waals surface area contributed by atoms with Crippen molar-refractivity contribution < 1.29 is 19.7 Å². The molecule has 186 valence electrons. The molecule has 1 heterocycles. The number of benzene rings is 3. The third-order valence-corrected chi connectivity index (χ3v) is 5.89. The molecule has 7 heteroatoms. The van der Waals surface area contributed by atoms with Gasteiger partial charge in [0.15, 0.2) is 17.5 Å². The van der Waals surface area contributed by atoms with Crippen LogP contribution in [0.4, 0.5) is 0 Å². The monoisotopic (exact) mass is 485 g/mol. The third kappa shape index (κ3) is 5.70. The van der Waals surface area contributed by atoms with Gasteiger partial charge < -0.3 is 19.7 Å². The Morgan fingerprint density at radius 1 is 0.694 bits per heavy atom. The molecule has 36 heavy (non-hydrogen) atoms. The van der Waals surface area contributed by atoms with Gasteiger partial charge in [0, 0.05) is 24.3 Å². The van der Waals surface area contributed by atoms with Crippen molar-refractivity contribution in [2.75, 3.05) is 20.3 Å². The second kappa shape index (κ2) is 10.8. The molecular formula is C29H31N3O4. The van der Waals surface area contributed by atoms with E-state index in [1.54, 1.807) is 12.1 Å². The molecule has 2 N–H and O–H groups in total. The summed E-state index contributed by atoms with van der Waals surface area (Å²) >= 11 is 0. The molecule has 0 saturated heterocycles. The number of aliphatic hydroxyl groups excluding tert-OH is 1. The molecule has 1 aromatic heterocycles. The van der Waals surface area contributed by atoms with E-state index in [4.69, 9.17) is 24.4 Å². The highest BCUT2D eigenvalue weighted by atomic mass is 16.5. The molecule has 0 radical (unpaired) electrons. The van der Waals surface area contributed by atoms with Crippen LogP contribution in [0.5, 0.6) is 11.5 Å². The lowest BCUT2D eigenvalue weighted by Crippen LogP contribution is -2.22. The van der Waals surface area contributed by atoms with Crippen molar-refractivity contribution in [2.45, 2.75) is 33.8 Å². The lowest BCUT2D eigenvalue weighted by Gasteiger charge is -2.14. The number of phenolic OH excluding ortho intramolecular Hbond substituents is 1. The Labute approximate surface area is 211 Å². The summed E-state index contributed by atoms with van der Waals surface area (Å²) in [4.78, 5) is 14.3. The summed E-state index contributed by atoms with van der Waals surface area (Å²) in [5.41, 5.74) is 6.69. The number of nitrogens with zero attached hydrogens (tertiary/aromatic N) is 3. The minimum Gasteiger partial charge on any atom is -0.507 e. The second-order valence-corrected chi connectivity index (χ2v) is 9.04. The van der Waals surface area contributed by atoms with Gasteiger partial charge in [-0.2, -0.15) is 0 Å². The van der Waals surface area contributed by atoms with Crippen molar-refractivity contribution in [2.24, 2.45) is 0 Å². The Morgan fingerprint density at radius 2 is 1.19 bits per heavy atom. The number of methoxy groups -OCH3 is 1. The fourth-order valence-corrected chi connectivity index (χ4v) is 4.09. The average molecular weight is 486 g/mol. The first-order valence-electron chi connectivity index (χ1n) is 11.8. The van der Waals surface area contributed by atoms with E-state index in [-0.39, 0.29) is 19.0 Å². The molecule has 3 aromatic carbocycles. The molecular weight excluding hydrogens is 454 g/mol. The number of hydrogen-bond acceptors (Lipinski definition) is 7. The summed E-state index contributed by atoms with van der Waals surface area (Å²) in [6.45, 7) is 8.37. The van der Waals surface area contributed by atoms with Gasteiger partial charge in [-0.05, 0) is 51.0 Å². The predicted molar refractivity (Wildman–Crippen MR) is 140 cm³/mol. The molecule has 0 aliphatic heterocycles. The summed E-state index contributed by atoms with van der Waals surface area (Å²) < 4.78 is 10.5. The van der Waals surface area contributed by atoms with Crippen LogP contribution >= 0.6 is 0 Å². The topological polar surface area (TPSA) is 97.6 Å². The second-order valence-electron chi connectivity index (χ2n) is 9.04. The molecule has 0 aliphatic carbocycles. The first-order valence-corrected chi connectivity index (χ1v) is 11.8. The van der Waals surface area contributed by atoms with Crippen LogP contribution in [-0.4, -0.2) is 51.6 Å². The molecule has 0 spiro atoms. The van der Waals surface area contributed by atoms with Gasteiger partial charge in [0.05, 0.1) is 12.2 Å². The Bertz CT molecular complexity index is 1320. The van der Waals surface area contributed by atoms with Crippen molar-refractivity contribution >= 4 is 0 Å². The van der Waals surface area contributed by atoms with E-state index in [0.29, 0.717) is 28.8 Å². The lowest BCUT2D eigenvalue weighted by molar-refractivity contribution is 0.0325. The maximum absolute atomic E-state index is 10.9. The van der Waals surface area contributed by atoms with Crippen LogP contribution in [0.25, 0.3) is 34.2 Å². The Balaban J connectivity index is 1.79. The van der Waals surface area contributed by atoms with Gasteiger partial charge in [-0.3, -0.25) is 0 Å². The van der Waals surface area contributed by atoms with E-state index < -0.39 is 6.10 Å². The van der Waals surface area contributed by atoms with Gasteiger partial charge in [0.1, 0.15) is 24.2 Å². The molecule has 0 saturated carbocycles. The zero-order valence-corrected chi connectivity index (χ0v) is 21.2. The molecule has 0 bridgehead atoms. The van der Waals surface area contributed by atoms with Crippen LogP contribution in [0.15, 0.2) is 54.6 Å². The molecule has 0 fully saturated rings. The van der Waals surface area contributed by atoms with E-state index >= 15 is 0 Å². The van der Waals surface area contributed by atoms with Crippen LogP contribution in [0.1, 0.15) is 22.3 Å². The van der Waals surface area contributed by atoms with Crippen LogP contribution < -0.4 is 4.74 Å². The number of ether oxygens (including phenoxy) is 2. The van der Waals surface area contributed by atoms with Gasteiger partial charge in [0.25, 0.3) is 0 Å². The zero-order chi connectivity index (χ0) is 25.8. The summed E-state index contributed by atoms with van der Waals surface area (Å²) in [6, 6.07) is 17.2. The highest BCUT2D eigenvalue weighted by molar-refractivity contribution is 5.72. The summed E-state index contributed by atoms with van der Waals surface area (Å²) in [7, 11) is 1.51. The number of aromatic hydroxyl groups is 1. The first kappa shape index (κ1) is 25.3. The Kier molecular flexibility index (Phi) is 7.62. The maximum Gasteiger partial charge on any atom is 0.167 e. The van der Waals surface area contributed by atoms with E-state index in [1.165, 1.54) is 13.2 Å². The first-order chi connectivity index (χ1) is 17.2. The number of aromatic nitrogens is 3. The predicted octanol–water partition coefficient (Wildman–Crippen LogP) is 5.20. The Morgan fingerprint density at radius 3 is 1.67 bits per heavy atom. The number of aliphatic hydroxyl groups is 1. The number of phenols is 1. The van der Waals surface area contributed by atoms with Gasteiger partial charge in [0.2, 0.25) is 0 Å². The fourth-order valence-electron chi connectivity index (χ4n) is 4.09. The van der Waals surface area contributed by atoms with Crippen LogP contribution in [0, 0.1) is 27.7 Å². The normalized spacial score (nSPS) is 11.9. The number of rotatable bonds is 8. The van der Waals surface area contributed by atoms with Crippen molar-refractivity contribution in [1.29, 1.82) is 0 Å². The SMILES string of the molecule is COCC(O)COc1ccc(-c2nc(-c3ccc(C)cc3C)nc(-c3ccc(C)cc3C)n2)c(O)c1. The van der Waals surface area contributed by atoms with Gasteiger partial charge >= 0.3 is 0 Å². The highest BCUT2D eigenvalue weighted by Crippen LogP contribution is 2.34.